The Morgan fingerprint density at radius 2 is 1.82 bits per heavy atom. The van der Waals surface area contributed by atoms with Crippen LogP contribution in [0.3, 0.4) is 0 Å². The molecule has 0 unspecified atom stereocenters. The van der Waals surface area contributed by atoms with E-state index in [2.05, 4.69) is 17.4 Å². The lowest BCUT2D eigenvalue weighted by Crippen LogP contribution is -2.41. The normalized spacial score (nSPS) is 27.0. The Morgan fingerprint density at radius 1 is 1.09 bits per heavy atom. The predicted octanol–water partition coefficient (Wildman–Crippen LogP) is 2.85. The number of aliphatic carboxylic acids is 1. The van der Waals surface area contributed by atoms with Crippen molar-refractivity contribution in [2.45, 2.75) is 38.1 Å². The third-order valence-electron chi connectivity index (χ3n) is 4.77. The number of aryl methyl sites for hydroxylation is 1. The van der Waals surface area contributed by atoms with Crippen molar-refractivity contribution in [2.24, 2.45) is 11.8 Å². The molecule has 0 aromatic heterocycles. The maximum absolute atomic E-state index is 12.6. The smallest absolute Gasteiger partial charge is 0.307 e. The average Bonchev–Trinajstić information content (AvgIpc) is 2.55. The summed E-state index contributed by atoms with van der Waals surface area (Å²) in [5.41, 5.74) is 2.47. The zero-order valence-corrected chi connectivity index (χ0v) is 12.5. The van der Waals surface area contributed by atoms with Crippen LogP contribution in [0, 0.1) is 11.8 Å². The fourth-order valence-electron chi connectivity index (χ4n) is 3.56. The Labute approximate surface area is 130 Å². The number of carbonyl (C=O) groups excluding carboxylic acids is 1. The van der Waals surface area contributed by atoms with Crippen LogP contribution in [0.1, 0.15) is 42.9 Å². The third kappa shape index (κ3) is 2.91. The number of allylic oxidation sites excluding steroid dienone is 2. The monoisotopic (exact) mass is 299 g/mol. The molecule has 2 aliphatic rings. The van der Waals surface area contributed by atoms with Gasteiger partial charge in [-0.2, -0.15) is 0 Å². The topological polar surface area (TPSA) is 66.4 Å². The summed E-state index contributed by atoms with van der Waals surface area (Å²) in [5, 5.41) is 12.4. The minimum atomic E-state index is -0.881. The molecule has 3 rings (SSSR count). The van der Waals surface area contributed by atoms with Crippen LogP contribution in [0.2, 0.25) is 0 Å². The highest BCUT2D eigenvalue weighted by Gasteiger charge is 2.35. The molecule has 22 heavy (non-hydrogen) atoms. The molecule has 0 spiro atoms. The summed E-state index contributed by atoms with van der Waals surface area (Å²) in [5.74, 6) is -2.08. The van der Waals surface area contributed by atoms with E-state index in [-0.39, 0.29) is 11.9 Å². The highest BCUT2D eigenvalue weighted by Crippen LogP contribution is 2.31. The number of carboxylic acid groups (broad SMARTS) is 1. The second-order valence-electron chi connectivity index (χ2n) is 6.15. The van der Waals surface area contributed by atoms with Gasteiger partial charge in [0.15, 0.2) is 0 Å². The van der Waals surface area contributed by atoms with Crippen LogP contribution in [-0.2, 0) is 16.0 Å². The van der Waals surface area contributed by atoms with Crippen LogP contribution in [0.15, 0.2) is 36.4 Å². The van der Waals surface area contributed by atoms with Crippen molar-refractivity contribution in [1.82, 2.24) is 5.32 Å². The second kappa shape index (κ2) is 6.34. The molecule has 0 aliphatic heterocycles. The van der Waals surface area contributed by atoms with Crippen molar-refractivity contribution in [3.63, 3.8) is 0 Å². The number of rotatable bonds is 3. The van der Waals surface area contributed by atoms with E-state index >= 15 is 0 Å². The Balaban J connectivity index is 1.75. The molecule has 4 heteroatoms. The SMILES string of the molecule is O=C(N[C@@H]1CCCc2ccccc21)[C@H]1CC=CC[C@H]1C(=O)O. The number of amides is 1. The first-order chi connectivity index (χ1) is 10.7. The van der Waals surface area contributed by atoms with E-state index in [1.54, 1.807) is 0 Å². The average molecular weight is 299 g/mol. The van der Waals surface area contributed by atoms with Crippen molar-refractivity contribution in [3.05, 3.63) is 47.5 Å². The fourth-order valence-corrected chi connectivity index (χ4v) is 3.56. The van der Waals surface area contributed by atoms with Gasteiger partial charge in [0, 0.05) is 0 Å². The third-order valence-corrected chi connectivity index (χ3v) is 4.77. The van der Waals surface area contributed by atoms with Crippen molar-refractivity contribution >= 4 is 11.9 Å². The Bertz CT molecular complexity index is 608. The molecule has 0 saturated carbocycles. The molecule has 0 fully saturated rings. The van der Waals surface area contributed by atoms with Crippen molar-refractivity contribution in [3.8, 4) is 0 Å². The lowest BCUT2D eigenvalue weighted by molar-refractivity contribution is -0.147. The number of hydrogen-bond acceptors (Lipinski definition) is 2. The first-order valence-corrected chi connectivity index (χ1v) is 7.93. The Hall–Kier alpha value is -2.10. The summed E-state index contributed by atoms with van der Waals surface area (Å²) < 4.78 is 0. The maximum Gasteiger partial charge on any atom is 0.307 e. The summed E-state index contributed by atoms with van der Waals surface area (Å²) in [4.78, 5) is 23.9. The van der Waals surface area contributed by atoms with Gasteiger partial charge in [-0.15, -0.1) is 0 Å². The van der Waals surface area contributed by atoms with E-state index in [4.69, 9.17) is 0 Å². The molecule has 4 nitrogen and oxygen atoms in total. The molecule has 116 valence electrons. The van der Waals surface area contributed by atoms with Crippen LogP contribution in [0.5, 0.6) is 0 Å². The highest BCUT2D eigenvalue weighted by molar-refractivity contribution is 5.85. The predicted molar refractivity (Wildman–Crippen MR) is 83.3 cm³/mol. The fraction of sp³-hybridized carbons (Fsp3) is 0.444. The molecule has 3 atom stereocenters. The number of carbonyl (C=O) groups is 2. The zero-order valence-electron chi connectivity index (χ0n) is 12.5. The first kappa shape index (κ1) is 14.8. The Morgan fingerprint density at radius 3 is 2.59 bits per heavy atom. The Kier molecular flexibility index (Phi) is 4.27. The number of carboxylic acids is 1. The zero-order chi connectivity index (χ0) is 15.5. The first-order valence-electron chi connectivity index (χ1n) is 7.93. The molecule has 0 radical (unpaired) electrons. The molecule has 1 aromatic carbocycles. The molecule has 2 N–H and O–H groups in total. The lowest BCUT2D eigenvalue weighted by Gasteiger charge is -2.30. The van der Waals surface area contributed by atoms with Gasteiger partial charge in [-0.1, -0.05) is 36.4 Å². The molecular formula is C18H21NO3. The molecule has 1 aromatic rings. The van der Waals surface area contributed by atoms with Crippen LogP contribution < -0.4 is 5.32 Å². The van der Waals surface area contributed by atoms with Crippen LogP contribution >= 0.6 is 0 Å². The summed E-state index contributed by atoms with van der Waals surface area (Å²) in [6.07, 6.45) is 7.74. The number of fused-ring (bicyclic) bond motifs is 1. The standard InChI is InChI=1S/C18H21NO3/c20-17(14-9-3-4-10-15(14)18(21)22)19-16-11-5-7-12-6-1-2-8-13(12)16/h1-4,6,8,14-16H,5,7,9-11H2,(H,19,20)(H,21,22)/t14-,15+,16+/m0/s1. The molecule has 0 saturated heterocycles. The van der Waals surface area contributed by atoms with E-state index in [0.29, 0.717) is 12.8 Å². The summed E-state index contributed by atoms with van der Waals surface area (Å²) >= 11 is 0. The van der Waals surface area contributed by atoms with Gasteiger partial charge in [-0.3, -0.25) is 9.59 Å². The van der Waals surface area contributed by atoms with Crippen LogP contribution in [0.4, 0.5) is 0 Å². The minimum absolute atomic E-state index is 0.0119. The van der Waals surface area contributed by atoms with Gasteiger partial charge >= 0.3 is 5.97 Å². The van der Waals surface area contributed by atoms with E-state index < -0.39 is 17.8 Å². The van der Waals surface area contributed by atoms with Crippen molar-refractivity contribution in [2.75, 3.05) is 0 Å². The van der Waals surface area contributed by atoms with Gasteiger partial charge in [-0.05, 0) is 43.2 Å². The maximum atomic E-state index is 12.6. The second-order valence-corrected chi connectivity index (χ2v) is 6.15. The molecule has 0 bridgehead atoms. The van der Waals surface area contributed by atoms with Crippen LogP contribution in [-0.4, -0.2) is 17.0 Å². The van der Waals surface area contributed by atoms with Gasteiger partial charge in [0.1, 0.15) is 0 Å². The largest absolute Gasteiger partial charge is 0.481 e. The number of benzene rings is 1. The summed E-state index contributed by atoms with van der Waals surface area (Å²) in [6, 6.07) is 8.20. The van der Waals surface area contributed by atoms with Crippen LogP contribution in [0.25, 0.3) is 0 Å². The van der Waals surface area contributed by atoms with Crippen molar-refractivity contribution in [1.29, 1.82) is 0 Å². The quantitative estimate of drug-likeness (QED) is 0.843. The van der Waals surface area contributed by atoms with E-state index in [9.17, 15) is 14.7 Å². The van der Waals surface area contributed by atoms with Gasteiger partial charge in [0.25, 0.3) is 0 Å². The van der Waals surface area contributed by atoms with Crippen molar-refractivity contribution < 1.29 is 14.7 Å². The molecule has 1 amide bonds. The van der Waals surface area contributed by atoms with Gasteiger partial charge in [0.2, 0.25) is 5.91 Å². The highest BCUT2D eigenvalue weighted by atomic mass is 16.4. The lowest BCUT2D eigenvalue weighted by atomic mass is 9.81. The number of hydrogen-bond donors (Lipinski definition) is 2. The molecule has 2 aliphatic carbocycles. The van der Waals surface area contributed by atoms with E-state index in [0.717, 1.165) is 19.3 Å². The minimum Gasteiger partial charge on any atom is -0.481 e. The summed E-state index contributed by atoms with van der Waals surface area (Å²) in [7, 11) is 0. The molecule has 0 heterocycles. The number of nitrogens with one attached hydrogen (secondary N) is 1. The molecular weight excluding hydrogens is 278 g/mol. The van der Waals surface area contributed by atoms with Gasteiger partial charge < -0.3 is 10.4 Å². The van der Waals surface area contributed by atoms with Gasteiger partial charge in [-0.25, -0.2) is 0 Å². The van der Waals surface area contributed by atoms with Gasteiger partial charge in [0.05, 0.1) is 17.9 Å². The van der Waals surface area contributed by atoms with E-state index in [1.165, 1.54) is 11.1 Å². The summed E-state index contributed by atoms with van der Waals surface area (Å²) in [6.45, 7) is 0. The van der Waals surface area contributed by atoms with E-state index in [1.807, 2.05) is 24.3 Å².